The van der Waals surface area contributed by atoms with Crippen LogP contribution >= 0.6 is 50.9 Å². The summed E-state index contributed by atoms with van der Waals surface area (Å²) < 4.78 is 12.5. The largest absolute Gasteiger partial charge is 0.504 e. The minimum atomic E-state index is -0.00627. The zero-order chi connectivity index (χ0) is 19.6. The maximum Gasteiger partial charge on any atom is 0.189 e. The van der Waals surface area contributed by atoms with Crippen molar-refractivity contribution in [2.75, 3.05) is 17.7 Å². The number of nitrogens with zero attached hydrogens (tertiary/aromatic N) is 3. The maximum atomic E-state index is 10.6. The monoisotopic (exact) mass is 485 g/mol. The molecular weight excluding hydrogens is 466 g/mol. The fourth-order valence-electron chi connectivity index (χ4n) is 1.92. The molecule has 144 valence electrons. The molecule has 0 radical (unpaired) electrons. The first kappa shape index (κ1) is 20.4. The summed E-state index contributed by atoms with van der Waals surface area (Å²) in [7, 11) is 2.01. The molecule has 10 heteroatoms. The normalized spacial score (nSPS) is 11.8. The van der Waals surface area contributed by atoms with Crippen LogP contribution in [0.5, 0.6) is 5.75 Å². The first-order valence-corrected chi connectivity index (χ1v) is 11.3. The summed E-state index contributed by atoms with van der Waals surface area (Å²) in [6.45, 7) is 6.39. The van der Waals surface area contributed by atoms with Gasteiger partial charge in [-0.3, -0.25) is 0 Å². The van der Waals surface area contributed by atoms with Gasteiger partial charge in [0.05, 0.1) is 23.1 Å². The molecule has 0 unspecified atom stereocenters. The number of aromatic hydroxyl groups is 1. The van der Waals surface area contributed by atoms with Gasteiger partial charge in [0.15, 0.2) is 17.4 Å². The zero-order valence-corrected chi connectivity index (χ0v) is 19.3. The Kier molecular flexibility index (Phi) is 6.32. The number of halogens is 1. The van der Waals surface area contributed by atoms with E-state index in [0.29, 0.717) is 17.3 Å². The molecule has 0 aliphatic rings. The van der Waals surface area contributed by atoms with E-state index < -0.39 is 0 Å². The van der Waals surface area contributed by atoms with Crippen LogP contribution in [0, 0.1) is 0 Å². The molecule has 0 spiro atoms. The van der Waals surface area contributed by atoms with Crippen molar-refractivity contribution in [2.45, 2.75) is 30.5 Å². The van der Waals surface area contributed by atoms with Gasteiger partial charge in [-0.15, -0.1) is 11.3 Å². The quantitative estimate of drug-likeness (QED) is 0.354. The predicted molar refractivity (Wildman–Crippen MR) is 120 cm³/mol. The van der Waals surface area contributed by atoms with Crippen molar-refractivity contribution < 1.29 is 5.11 Å². The fourth-order valence-corrected chi connectivity index (χ4v) is 4.76. The lowest BCUT2D eigenvalue weighted by molar-refractivity contribution is 0.319. The van der Waals surface area contributed by atoms with Crippen LogP contribution in [-0.2, 0) is 0 Å². The molecule has 3 N–H and O–H groups in total. The molecule has 0 aliphatic heterocycles. The van der Waals surface area contributed by atoms with Crippen molar-refractivity contribution >= 4 is 74.0 Å². The number of nitrogens with one attached hydrogen (secondary N) is 2. The van der Waals surface area contributed by atoms with Crippen molar-refractivity contribution in [3.63, 3.8) is 0 Å². The molecule has 0 saturated carbocycles. The van der Waals surface area contributed by atoms with Gasteiger partial charge in [0.2, 0.25) is 0 Å². The van der Waals surface area contributed by atoms with Crippen molar-refractivity contribution in [2.24, 2.45) is 0 Å². The summed E-state index contributed by atoms with van der Waals surface area (Å²) >= 11 is 7.64. The number of hydrogen-bond acceptors (Lipinski definition) is 9. The molecule has 0 atom stereocenters. The minimum absolute atomic E-state index is 0.00627. The molecule has 3 aromatic rings. The van der Waals surface area contributed by atoms with E-state index in [4.69, 9.17) is 0 Å². The van der Waals surface area contributed by atoms with Gasteiger partial charge in [-0.1, -0.05) is 12.1 Å². The van der Waals surface area contributed by atoms with Gasteiger partial charge in [0.1, 0.15) is 4.21 Å². The van der Waals surface area contributed by atoms with Gasteiger partial charge >= 0.3 is 0 Å². The molecule has 27 heavy (non-hydrogen) atoms. The van der Waals surface area contributed by atoms with Crippen LogP contribution in [0.1, 0.15) is 20.8 Å². The molecule has 0 amide bonds. The van der Waals surface area contributed by atoms with Crippen LogP contribution in [0.25, 0.3) is 0 Å². The van der Waals surface area contributed by atoms with E-state index in [2.05, 4.69) is 60.4 Å². The Hall–Kier alpha value is -1.33. The third kappa shape index (κ3) is 4.94. The number of anilines is 4. The second kappa shape index (κ2) is 8.36. The van der Waals surface area contributed by atoms with Gasteiger partial charge in [0, 0.05) is 15.4 Å². The summed E-state index contributed by atoms with van der Waals surface area (Å²) in [6.07, 6.45) is 0. The molecule has 2 aromatic heterocycles. The highest BCUT2D eigenvalue weighted by Gasteiger charge is 2.22. The Morgan fingerprint density at radius 2 is 1.74 bits per heavy atom. The van der Waals surface area contributed by atoms with Gasteiger partial charge in [-0.05, 0) is 67.8 Å². The smallest absolute Gasteiger partial charge is 0.189 e. The molecule has 0 bridgehead atoms. The number of aromatic nitrogens is 2. The third-order valence-corrected chi connectivity index (χ3v) is 7.44. The topological polar surface area (TPSA) is 73.3 Å². The summed E-state index contributed by atoms with van der Waals surface area (Å²) in [5, 5.41) is 18.9. The fraction of sp³-hybridized carbons (Fsp3) is 0.294. The van der Waals surface area contributed by atoms with E-state index in [0.717, 1.165) is 26.1 Å². The minimum Gasteiger partial charge on any atom is -0.504 e. The van der Waals surface area contributed by atoms with E-state index in [1.54, 1.807) is 0 Å². The average molecular weight is 486 g/mol. The number of rotatable bonds is 6. The molecule has 3 rings (SSSR count). The molecule has 2 heterocycles. The summed E-state index contributed by atoms with van der Waals surface area (Å²) in [4.78, 5) is 0. The molecule has 0 fully saturated rings. The van der Waals surface area contributed by atoms with Gasteiger partial charge in [-0.25, -0.2) is 4.31 Å². The highest BCUT2D eigenvalue weighted by Crippen LogP contribution is 2.45. The molecule has 1 aromatic carbocycles. The highest BCUT2D eigenvalue weighted by atomic mass is 79.9. The van der Waals surface area contributed by atoms with Crippen molar-refractivity contribution in [1.82, 2.24) is 13.1 Å². The second-order valence-corrected chi connectivity index (χ2v) is 10.4. The van der Waals surface area contributed by atoms with Crippen molar-refractivity contribution in [1.29, 1.82) is 0 Å². The van der Waals surface area contributed by atoms with Gasteiger partial charge < -0.3 is 15.7 Å². The maximum absolute atomic E-state index is 10.6. The lowest BCUT2D eigenvalue weighted by Crippen LogP contribution is -2.32. The number of benzene rings is 1. The lowest BCUT2D eigenvalue weighted by atomic mass is 10.1. The second-order valence-electron chi connectivity index (χ2n) is 6.74. The predicted octanol–water partition coefficient (Wildman–Crippen LogP) is 6.29. The first-order chi connectivity index (χ1) is 12.8. The SMILES string of the molecule is CN(Sc1scc(Nc2nsnc2Nc2ccccc2Br)c1O)C(C)(C)C. The first-order valence-electron chi connectivity index (χ1n) is 8.09. The van der Waals surface area contributed by atoms with Crippen molar-refractivity contribution in [3.05, 3.63) is 34.1 Å². The number of hydrogen-bond donors (Lipinski definition) is 3. The van der Waals surface area contributed by atoms with Gasteiger partial charge in [-0.2, -0.15) is 8.75 Å². The number of thiophene rings is 1. The Morgan fingerprint density at radius 1 is 1.11 bits per heavy atom. The molecular formula is C17H20BrN5OS3. The van der Waals surface area contributed by atoms with Crippen molar-refractivity contribution in [3.8, 4) is 5.75 Å². The van der Waals surface area contributed by atoms with E-state index in [9.17, 15) is 5.11 Å². The Bertz CT molecular complexity index is 921. The molecule has 0 saturated heterocycles. The van der Waals surface area contributed by atoms with Crippen LogP contribution in [0.4, 0.5) is 23.0 Å². The Labute approximate surface area is 179 Å². The van der Waals surface area contributed by atoms with E-state index in [1.807, 2.05) is 36.7 Å². The van der Waals surface area contributed by atoms with E-state index in [-0.39, 0.29) is 11.3 Å². The number of para-hydroxylation sites is 1. The van der Waals surface area contributed by atoms with Crippen LogP contribution in [0.15, 0.2) is 38.3 Å². The van der Waals surface area contributed by atoms with E-state index in [1.165, 1.54) is 23.3 Å². The highest BCUT2D eigenvalue weighted by molar-refractivity contribution is 9.10. The summed E-state index contributed by atoms with van der Waals surface area (Å²) in [6, 6.07) is 7.80. The molecule has 0 aliphatic carbocycles. The summed E-state index contributed by atoms with van der Waals surface area (Å²) in [5.74, 6) is 1.41. The molecule has 6 nitrogen and oxygen atoms in total. The van der Waals surface area contributed by atoms with Crippen LogP contribution < -0.4 is 10.6 Å². The third-order valence-electron chi connectivity index (χ3n) is 3.77. The van der Waals surface area contributed by atoms with Crippen LogP contribution in [0.3, 0.4) is 0 Å². The zero-order valence-electron chi connectivity index (χ0n) is 15.3. The Balaban J connectivity index is 1.76. The van der Waals surface area contributed by atoms with E-state index >= 15 is 0 Å². The Morgan fingerprint density at radius 3 is 2.37 bits per heavy atom. The van der Waals surface area contributed by atoms with Gasteiger partial charge in [0.25, 0.3) is 0 Å². The standard InChI is InChI=1S/C17H20BrN5OS3/c1-17(2,3)23(4)26-16-13(24)12(9-25-16)20-15-14(21-27-22-15)19-11-8-6-5-7-10(11)18/h5-9,24H,1-4H3,(H,19,21)(H,20,22). The average Bonchev–Trinajstić information content (AvgIpc) is 3.18. The lowest BCUT2D eigenvalue weighted by Gasteiger charge is -2.29. The summed E-state index contributed by atoms with van der Waals surface area (Å²) in [5.41, 5.74) is 1.51. The van der Waals surface area contributed by atoms with Crippen LogP contribution in [-0.4, -0.2) is 30.7 Å². The van der Waals surface area contributed by atoms with Crippen LogP contribution in [0.2, 0.25) is 0 Å².